The highest BCUT2D eigenvalue weighted by molar-refractivity contribution is 7.84. The Morgan fingerprint density at radius 2 is 1.62 bits per heavy atom. The second-order valence-electron chi connectivity index (χ2n) is 5.26. The number of ether oxygens (including phenoxy) is 3. The number of hydrogen-bond acceptors (Lipinski definition) is 7. The fraction of sp³-hybridized carbons (Fsp3) is 0.222. The fourth-order valence-electron chi connectivity index (χ4n) is 2.41. The molecule has 1 aromatic heterocycles. The van der Waals surface area contributed by atoms with Crippen LogP contribution in [0.4, 0.5) is 0 Å². The number of nitrogens with zero attached hydrogens (tertiary/aromatic N) is 2. The third-order valence-corrected chi connectivity index (χ3v) is 4.80. The monoisotopic (exact) mass is 374 g/mol. The largest absolute Gasteiger partial charge is 0.493 e. The highest BCUT2D eigenvalue weighted by Crippen LogP contribution is 2.40. The summed E-state index contributed by atoms with van der Waals surface area (Å²) in [4.78, 5) is 0. The zero-order valence-electron chi connectivity index (χ0n) is 14.6. The van der Waals surface area contributed by atoms with E-state index in [4.69, 9.17) is 18.6 Å². The number of methoxy groups -OCH3 is 3. The Hall–Kier alpha value is -2.87. The predicted molar refractivity (Wildman–Crippen MR) is 95.9 cm³/mol. The molecule has 136 valence electrons. The van der Waals surface area contributed by atoms with Gasteiger partial charge in [0, 0.05) is 5.56 Å². The molecule has 0 saturated heterocycles. The number of rotatable bonds is 7. The molecule has 1 atom stereocenters. The lowest BCUT2D eigenvalue weighted by atomic mass is 10.2. The van der Waals surface area contributed by atoms with Crippen LogP contribution in [-0.4, -0.2) is 35.7 Å². The summed E-state index contributed by atoms with van der Waals surface area (Å²) in [5.41, 5.74) is 1.51. The van der Waals surface area contributed by atoms with E-state index in [0.717, 1.165) is 5.56 Å². The van der Waals surface area contributed by atoms with E-state index in [0.29, 0.717) is 28.6 Å². The summed E-state index contributed by atoms with van der Waals surface area (Å²) in [5.74, 6) is 1.92. The van der Waals surface area contributed by atoms with Crippen LogP contribution in [-0.2, 0) is 16.6 Å². The molecule has 0 aliphatic heterocycles. The maximum Gasteiger partial charge on any atom is 0.308 e. The Bertz CT molecular complexity index is 886. The molecule has 2 aromatic carbocycles. The van der Waals surface area contributed by atoms with Gasteiger partial charge >= 0.3 is 5.22 Å². The van der Waals surface area contributed by atoms with Gasteiger partial charge in [-0.05, 0) is 17.7 Å². The zero-order chi connectivity index (χ0) is 18.5. The van der Waals surface area contributed by atoms with Gasteiger partial charge < -0.3 is 18.6 Å². The van der Waals surface area contributed by atoms with Crippen LogP contribution in [0.1, 0.15) is 5.56 Å². The molecule has 0 aliphatic carbocycles. The minimum atomic E-state index is -1.44. The Kier molecular flexibility index (Phi) is 5.52. The Morgan fingerprint density at radius 1 is 0.962 bits per heavy atom. The maximum atomic E-state index is 12.5. The topological polar surface area (TPSA) is 83.7 Å². The molecule has 3 rings (SSSR count). The van der Waals surface area contributed by atoms with Crippen molar-refractivity contribution in [3.8, 4) is 28.7 Å². The van der Waals surface area contributed by atoms with Crippen LogP contribution in [0.25, 0.3) is 11.5 Å². The third-order valence-electron chi connectivity index (χ3n) is 3.65. The summed E-state index contributed by atoms with van der Waals surface area (Å²) < 4.78 is 34.0. The van der Waals surface area contributed by atoms with E-state index >= 15 is 0 Å². The van der Waals surface area contributed by atoms with E-state index in [-0.39, 0.29) is 11.1 Å². The summed E-state index contributed by atoms with van der Waals surface area (Å²) in [5, 5.41) is 7.97. The molecule has 7 nitrogen and oxygen atoms in total. The van der Waals surface area contributed by atoms with Crippen molar-refractivity contribution >= 4 is 10.8 Å². The van der Waals surface area contributed by atoms with Crippen molar-refractivity contribution in [3.05, 3.63) is 48.0 Å². The van der Waals surface area contributed by atoms with E-state index in [1.807, 2.05) is 30.3 Å². The van der Waals surface area contributed by atoms with E-state index in [2.05, 4.69) is 10.2 Å². The second-order valence-corrected chi connectivity index (χ2v) is 6.59. The van der Waals surface area contributed by atoms with Crippen molar-refractivity contribution in [1.29, 1.82) is 0 Å². The maximum absolute atomic E-state index is 12.5. The predicted octanol–water partition coefficient (Wildman–Crippen LogP) is 3.07. The molecule has 1 heterocycles. The molecule has 8 heteroatoms. The minimum Gasteiger partial charge on any atom is -0.493 e. The van der Waals surface area contributed by atoms with Gasteiger partial charge in [-0.3, -0.25) is 0 Å². The van der Waals surface area contributed by atoms with Crippen molar-refractivity contribution in [2.75, 3.05) is 21.3 Å². The first-order valence-corrected chi connectivity index (χ1v) is 9.04. The van der Waals surface area contributed by atoms with Gasteiger partial charge in [-0.1, -0.05) is 35.4 Å². The Balaban J connectivity index is 1.89. The van der Waals surface area contributed by atoms with E-state index in [9.17, 15) is 4.21 Å². The molecule has 0 radical (unpaired) electrons. The normalized spacial score (nSPS) is 11.8. The van der Waals surface area contributed by atoms with Gasteiger partial charge in [0.1, 0.15) is 10.8 Å². The lowest BCUT2D eigenvalue weighted by Gasteiger charge is -2.12. The van der Waals surface area contributed by atoms with Crippen LogP contribution in [0.3, 0.4) is 0 Å². The van der Waals surface area contributed by atoms with Gasteiger partial charge in [0.15, 0.2) is 11.5 Å². The van der Waals surface area contributed by atoms with Crippen molar-refractivity contribution in [3.63, 3.8) is 0 Å². The lowest BCUT2D eigenvalue weighted by Crippen LogP contribution is -1.96. The van der Waals surface area contributed by atoms with Gasteiger partial charge in [-0.25, -0.2) is 4.21 Å². The number of hydrogen-bond donors (Lipinski definition) is 0. The lowest BCUT2D eigenvalue weighted by molar-refractivity contribution is 0.324. The highest BCUT2D eigenvalue weighted by Gasteiger charge is 2.19. The number of aromatic nitrogens is 2. The van der Waals surface area contributed by atoms with Crippen LogP contribution >= 0.6 is 0 Å². The van der Waals surface area contributed by atoms with Gasteiger partial charge in [0.25, 0.3) is 0 Å². The summed E-state index contributed by atoms with van der Waals surface area (Å²) in [6.45, 7) is 0. The van der Waals surface area contributed by atoms with Crippen LogP contribution < -0.4 is 14.2 Å². The SMILES string of the molecule is COc1cc(-c2nnc(S(=O)Cc3ccccc3)o2)cc(OC)c1OC. The standard InChI is InChI=1S/C18H18N2O5S/c1-22-14-9-13(10-15(23-2)16(14)24-3)17-19-20-18(25-17)26(21)11-12-7-5-4-6-8-12/h4-10H,11H2,1-3H3. The molecule has 0 fully saturated rings. The molecule has 0 N–H and O–H groups in total. The average molecular weight is 374 g/mol. The van der Waals surface area contributed by atoms with Crippen LogP contribution in [0.2, 0.25) is 0 Å². The summed E-state index contributed by atoms with van der Waals surface area (Å²) in [6.07, 6.45) is 0. The van der Waals surface area contributed by atoms with Gasteiger partial charge in [0.05, 0.1) is 27.1 Å². The third kappa shape index (κ3) is 3.70. The molecule has 3 aromatic rings. The summed E-state index contributed by atoms with van der Waals surface area (Å²) in [7, 11) is 3.14. The van der Waals surface area contributed by atoms with Gasteiger partial charge in [0.2, 0.25) is 11.6 Å². The highest BCUT2D eigenvalue weighted by atomic mass is 32.2. The van der Waals surface area contributed by atoms with E-state index in [1.54, 1.807) is 12.1 Å². The summed E-state index contributed by atoms with van der Waals surface area (Å²) in [6, 6.07) is 12.9. The Morgan fingerprint density at radius 3 is 2.19 bits per heavy atom. The molecule has 0 spiro atoms. The van der Waals surface area contributed by atoms with Crippen molar-refractivity contribution in [2.24, 2.45) is 0 Å². The molecule has 1 unspecified atom stereocenters. The summed E-state index contributed by atoms with van der Waals surface area (Å²) >= 11 is 0. The first-order valence-electron chi connectivity index (χ1n) is 7.72. The number of benzene rings is 2. The molecule has 26 heavy (non-hydrogen) atoms. The van der Waals surface area contributed by atoms with Crippen LogP contribution in [0, 0.1) is 0 Å². The zero-order valence-corrected chi connectivity index (χ0v) is 15.4. The van der Waals surface area contributed by atoms with Crippen LogP contribution in [0.5, 0.6) is 17.2 Å². The smallest absolute Gasteiger partial charge is 0.308 e. The van der Waals surface area contributed by atoms with Crippen molar-refractivity contribution < 1.29 is 22.8 Å². The molecule has 0 bridgehead atoms. The van der Waals surface area contributed by atoms with Gasteiger partial charge in [-0.2, -0.15) is 0 Å². The van der Waals surface area contributed by atoms with Crippen molar-refractivity contribution in [2.45, 2.75) is 11.0 Å². The van der Waals surface area contributed by atoms with Crippen LogP contribution in [0.15, 0.2) is 52.1 Å². The quantitative estimate of drug-likeness (QED) is 0.628. The molecule has 0 amide bonds. The Labute approximate surface area is 153 Å². The average Bonchev–Trinajstić information content (AvgIpc) is 3.18. The molecular weight excluding hydrogens is 356 g/mol. The molecular formula is C18H18N2O5S. The molecule has 0 aliphatic rings. The van der Waals surface area contributed by atoms with Gasteiger partial charge in [-0.15, -0.1) is 5.10 Å². The van der Waals surface area contributed by atoms with Crippen molar-refractivity contribution in [1.82, 2.24) is 10.2 Å². The molecule has 0 saturated carbocycles. The van der Waals surface area contributed by atoms with E-state index in [1.165, 1.54) is 21.3 Å². The van der Waals surface area contributed by atoms with E-state index < -0.39 is 10.8 Å². The second kappa shape index (κ2) is 8.01. The first kappa shape index (κ1) is 17.9. The first-order chi connectivity index (χ1) is 12.7. The minimum absolute atomic E-state index is 0.0672. The fourth-order valence-corrected chi connectivity index (χ4v) is 3.33.